The van der Waals surface area contributed by atoms with E-state index < -0.39 is 79.9 Å². The van der Waals surface area contributed by atoms with Crippen molar-refractivity contribution in [3.05, 3.63) is 0 Å². The third-order valence-electron chi connectivity index (χ3n) is 5.01. The average molecular weight is 452 g/mol. The minimum Gasteiger partial charge on any atom is -0.394 e. The number of ether oxygens (including phenoxy) is 5. The SMILES string of the molecule is CCO[C@@H]1O[C@@H](CO)[C@@H](O[C@@H]2O[C@H](OC)[C@@H](O)[C@H](O)[C@H]2NC(C)=O)[C@@H](O)[C@@H]1NC(C)=O. The lowest BCUT2D eigenvalue weighted by Crippen LogP contribution is -2.69. The number of hydrogen-bond donors (Lipinski definition) is 6. The normalized spacial score (nSPS) is 40.9. The Labute approximate surface area is 179 Å². The minimum absolute atomic E-state index is 0.215. The summed E-state index contributed by atoms with van der Waals surface area (Å²) < 4.78 is 27.5. The smallest absolute Gasteiger partial charge is 0.217 e. The number of methoxy groups -OCH3 is 1. The predicted molar refractivity (Wildman–Crippen MR) is 101 cm³/mol. The van der Waals surface area contributed by atoms with Crippen LogP contribution in [0.5, 0.6) is 0 Å². The first-order chi connectivity index (χ1) is 14.6. The molecule has 13 heteroatoms. The van der Waals surface area contributed by atoms with Gasteiger partial charge in [-0.3, -0.25) is 9.59 Å². The van der Waals surface area contributed by atoms with Crippen molar-refractivity contribution in [2.75, 3.05) is 20.3 Å². The molecule has 2 saturated heterocycles. The van der Waals surface area contributed by atoms with Gasteiger partial charge in [0.15, 0.2) is 18.9 Å². The first-order valence-electron chi connectivity index (χ1n) is 9.94. The third kappa shape index (κ3) is 6.09. The van der Waals surface area contributed by atoms with Crippen molar-refractivity contribution in [1.29, 1.82) is 0 Å². The fourth-order valence-electron chi connectivity index (χ4n) is 3.62. The number of aliphatic hydroxyl groups excluding tert-OH is 4. The number of carbonyl (C=O) groups excluding carboxylic acids is 2. The highest BCUT2D eigenvalue weighted by molar-refractivity contribution is 5.73. The van der Waals surface area contributed by atoms with Gasteiger partial charge in [-0.2, -0.15) is 0 Å². The number of amides is 2. The molecule has 0 aliphatic carbocycles. The van der Waals surface area contributed by atoms with E-state index in [0.717, 1.165) is 0 Å². The Bertz CT molecular complexity index is 609. The van der Waals surface area contributed by atoms with Crippen LogP contribution >= 0.6 is 0 Å². The summed E-state index contributed by atoms with van der Waals surface area (Å²) in [6.07, 6.45) is -10.5. The number of aliphatic hydroxyl groups is 4. The lowest BCUT2D eigenvalue weighted by molar-refractivity contribution is -0.357. The molecule has 2 amide bonds. The first-order valence-corrected chi connectivity index (χ1v) is 9.94. The highest BCUT2D eigenvalue weighted by Gasteiger charge is 2.52. The van der Waals surface area contributed by atoms with Gasteiger partial charge in [0.1, 0.15) is 42.6 Å². The topological polar surface area (TPSA) is 185 Å². The largest absolute Gasteiger partial charge is 0.394 e. The Balaban J connectivity index is 2.29. The third-order valence-corrected chi connectivity index (χ3v) is 5.01. The molecule has 2 aliphatic heterocycles. The summed E-state index contributed by atoms with van der Waals surface area (Å²) in [4.78, 5) is 23.2. The van der Waals surface area contributed by atoms with Gasteiger partial charge in [-0.05, 0) is 6.92 Å². The maximum absolute atomic E-state index is 11.6. The molecule has 0 unspecified atom stereocenters. The van der Waals surface area contributed by atoms with Crippen molar-refractivity contribution in [2.24, 2.45) is 0 Å². The number of carbonyl (C=O) groups is 2. The summed E-state index contributed by atoms with van der Waals surface area (Å²) in [5.74, 6) is -0.988. The molecule has 0 aromatic rings. The van der Waals surface area contributed by atoms with Crippen LogP contribution in [-0.4, -0.2) is 114 Å². The molecule has 0 radical (unpaired) electrons. The molecule has 180 valence electrons. The Morgan fingerprint density at radius 2 is 1.48 bits per heavy atom. The van der Waals surface area contributed by atoms with Crippen LogP contribution in [0.2, 0.25) is 0 Å². The Hall–Kier alpha value is -1.42. The van der Waals surface area contributed by atoms with E-state index in [2.05, 4.69) is 10.6 Å². The van der Waals surface area contributed by atoms with Crippen molar-refractivity contribution in [2.45, 2.75) is 82.2 Å². The fraction of sp³-hybridized carbons (Fsp3) is 0.889. The van der Waals surface area contributed by atoms with Gasteiger partial charge in [0.25, 0.3) is 0 Å². The van der Waals surface area contributed by atoms with E-state index in [-0.39, 0.29) is 6.61 Å². The van der Waals surface area contributed by atoms with Crippen molar-refractivity contribution in [3.63, 3.8) is 0 Å². The van der Waals surface area contributed by atoms with Crippen LogP contribution in [0.25, 0.3) is 0 Å². The van der Waals surface area contributed by atoms with Gasteiger partial charge in [-0.25, -0.2) is 0 Å². The van der Waals surface area contributed by atoms with E-state index in [1.165, 1.54) is 21.0 Å². The summed E-state index contributed by atoms with van der Waals surface area (Å²) in [6.45, 7) is 3.79. The first kappa shape index (κ1) is 25.8. The van der Waals surface area contributed by atoms with Crippen molar-refractivity contribution in [3.8, 4) is 0 Å². The van der Waals surface area contributed by atoms with E-state index in [4.69, 9.17) is 23.7 Å². The van der Waals surface area contributed by atoms with E-state index in [1.54, 1.807) is 6.92 Å². The molecule has 0 aromatic heterocycles. The molecule has 0 aromatic carbocycles. The van der Waals surface area contributed by atoms with E-state index in [1.807, 2.05) is 0 Å². The van der Waals surface area contributed by atoms with E-state index in [0.29, 0.717) is 0 Å². The maximum atomic E-state index is 11.6. The molecular weight excluding hydrogens is 420 g/mol. The molecule has 0 saturated carbocycles. The molecule has 6 N–H and O–H groups in total. The second-order valence-electron chi connectivity index (χ2n) is 7.31. The van der Waals surface area contributed by atoms with Crippen LogP contribution in [0.4, 0.5) is 0 Å². The zero-order chi connectivity index (χ0) is 23.3. The van der Waals surface area contributed by atoms with Crippen LogP contribution in [0.3, 0.4) is 0 Å². The van der Waals surface area contributed by atoms with Gasteiger partial charge in [0.05, 0.1) is 6.61 Å². The van der Waals surface area contributed by atoms with Crippen molar-refractivity contribution >= 4 is 11.8 Å². The Morgan fingerprint density at radius 3 is 1.97 bits per heavy atom. The van der Waals surface area contributed by atoms with Crippen molar-refractivity contribution < 1.29 is 53.7 Å². The Kier molecular flexibility index (Phi) is 9.54. The summed E-state index contributed by atoms with van der Waals surface area (Å²) in [6, 6.07) is -2.27. The molecule has 2 rings (SSSR count). The zero-order valence-corrected chi connectivity index (χ0v) is 17.8. The van der Waals surface area contributed by atoms with E-state index in [9.17, 15) is 30.0 Å². The van der Waals surface area contributed by atoms with Crippen LogP contribution in [-0.2, 0) is 33.3 Å². The van der Waals surface area contributed by atoms with Crippen LogP contribution < -0.4 is 10.6 Å². The summed E-state index contributed by atoms with van der Waals surface area (Å²) in [5, 5.41) is 46.2. The number of nitrogens with one attached hydrogen (secondary N) is 2. The van der Waals surface area contributed by atoms with Crippen molar-refractivity contribution in [1.82, 2.24) is 10.6 Å². The van der Waals surface area contributed by atoms with E-state index >= 15 is 0 Å². The summed E-state index contributed by atoms with van der Waals surface area (Å²) in [5.41, 5.74) is 0. The highest BCUT2D eigenvalue weighted by atomic mass is 16.8. The van der Waals surface area contributed by atoms with Gasteiger partial charge < -0.3 is 54.7 Å². The van der Waals surface area contributed by atoms with Gasteiger partial charge >= 0.3 is 0 Å². The maximum Gasteiger partial charge on any atom is 0.217 e. The molecule has 0 spiro atoms. The molecule has 2 fully saturated rings. The summed E-state index contributed by atoms with van der Waals surface area (Å²) >= 11 is 0. The monoisotopic (exact) mass is 452 g/mol. The highest BCUT2D eigenvalue weighted by Crippen LogP contribution is 2.29. The zero-order valence-electron chi connectivity index (χ0n) is 17.8. The lowest BCUT2D eigenvalue weighted by atomic mass is 9.95. The second-order valence-corrected chi connectivity index (χ2v) is 7.31. The number of hydrogen-bond acceptors (Lipinski definition) is 11. The lowest BCUT2D eigenvalue weighted by Gasteiger charge is -2.47. The van der Waals surface area contributed by atoms with Crippen LogP contribution in [0, 0.1) is 0 Å². The van der Waals surface area contributed by atoms with Crippen LogP contribution in [0.1, 0.15) is 20.8 Å². The molecule has 0 bridgehead atoms. The number of rotatable bonds is 8. The standard InChI is InChI=1S/C18H32N2O11/c1-5-28-16-11(20-8(3)23)13(25)15(9(6-21)29-16)30-17-10(19-7(2)22)12(24)14(26)18(27-4)31-17/h9-18,21,24-26H,5-6H2,1-4H3,(H,19,22)(H,20,23)/t9-,10+,11-,12+,13-,14-,15+,16+,17+,18-/m0/s1. The predicted octanol–water partition coefficient (Wildman–Crippen LogP) is -3.45. The molecule has 2 heterocycles. The molecule has 31 heavy (non-hydrogen) atoms. The molecule has 13 nitrogen and oxygen atoms in total. The molecule has 2 aliphatic rings. The summed E-state index contributed by atoms with van der Waals surface area (Å²) in [7, 11) is 1.24. The Morgan fingerprint density at radius 1 is 0.903 bits per heavy atom. The quantitative estimate of drug-likeness (QED) is 0.215. The van der Waals surface area contributed by atoms with Crippen LogP contribution in [0.15, 0.2) is 0 Å². The average Bonchev–Trinajstić information content (AvgIpc) is 2.71. The van der Waals surface area contributed by atoms with Gasteiger partial charge in [-0.1, -0.05) is 0 Å². The fourth-order valence-corrected chi connectivity index (χ4v) is 3.62. The second kappa shape index (κ2) is 11.4. The molecule has 10 atom stereocenters. The molecular formula is C18H32N2O11. The van der Waals surface area contributed by atoms with Gasteiger partial charge in [0.2, 0.25) is 11.8 Å². The minimum atomic E-state index is -1.52. The van der Waals surface area contributed by atoms with Gasteiger partial charge in [-0.15, -0.1) is 0 Å². The van der Waals surface area contributed by atoms with Gasteiger partial charge in [0, 0.05) is 27.6 Å².